The second-order valence-electron chi connectivity index (χ2n) is 8.26. The van der Waals surface area contributed by atoms with E-state index in [-0.39, 0.29) is 35.7 Å². The average molecular weight is 440 g/mol. The molecule has 33 heavy (non-hydrogen) atoms. The second-order valence-corrected chi connectivity index (χ2v) is 8.26. The summed E-state index contributed by atoms with van der Waals surface area (Å²) in [6.45, 7) is 3.98. The molecule has 2 N–H and O–H groups in total. The fraction of sp³-hybridized carbons (Fsp3) is 0.192. The van der Waals surface area contributed by atoms with Gasteiger partial charge in [-0.3, -0.25) is 14.5 Å². The van der Waals surface area contributed by atoms with Crippen LogP contribution in [-0.4, -0.2) is 18.2 Å². The molecule has 1 amide bonds. The van der Waals surface area contributed by atoms with Crippen LogP contribution in [-0.2, 0) is 15.0 Å². The first kappa shape index (κ1) is 20.7. The minimum Gasteiger partial charge on any atom is -0.384 e. The standard InChI is InChI=1S/C26H21FN4O2/c1-2-13-30-20-10-4-3-9-18(20)26(25(30)33)19(15-28)24(29)31(17-8-5-7-16(27)14-17)21-11-6-12-22(32)23(21)26/h2-5,7-10,14H,1,6,11-13,29H2/t26-/m0/s1. The van der Waals surface area contributed by atoms with Gasteiger partial charge in [0.1, 0.15) is 23.1 Å². The molecular formula is C26H21FN4O2. The van der Waals surface area contributed by atoms with E-state index < -0.39 is 17.1 Å². The highest BCUT2D eigenvalue weighted by Gasteiger charge is 2.62. The zero-order chi connectivity index (χ0) is 23.3. The lowest BCUT2D eigenvalue weighted by atomic mass is 9.64. The van der Waals surface area contributed by atoms with Gasteiger partial charge in [-0.1, -0.05) is 30.3 Å². The fourth-order valence-corrected chi connectivity index (χ4v) is 5.35. The molecule has 164 valence electrons. The largest absolute Gasteiger partial charge is 0.384 e. The zero-order valence-electron chi connectivity index (χ0n) is 17.8. The Morgan fingerprint density at radius 3 is 2.70 bits per heavy atom. The highest BCUT2D eigenvalue weighted by atomic mass is 19.1. The first-order valence-electron chi connectivity index (χ1n) is 10.7. The van der Waals surface area contributed by atoms with Crippen molar-refractivity contribution < 1.29 is 14.0 Å². The maximum absolute atomic E-state index is 14.1. The minimum atomic E-state index is -1.63. The van der Waals surface area contributed by atoms with Crippen molar-refractivity contribution in [2.75, 3.05) is 16.3 Å². The van der Waals surface area contributed by atoms with Crippen LogP contribution in [0.4, 0.5) is 15.8 Å². The first-order chi connectivity index (χ1) is 16.0. The summed E-state index contributed by atoms with van der Waals surface area (Å²) in [6.07, 6.45) is 2.90. The number of anilines is 2. The van der Waals surface area contributed by atoms with E-state index in [2.05, 4.69) is 12.6 Å². The number of nitrogens with zero attached hydrogens (tertiary/aromatic N) is 3. The van der Waals surface area contributed by atoms with Crippen LogP contribution < -0.4 is 15.5 Å². The molecule has 0 aromatic heterocycles. The Morgan fingerprint density at radius 1 is 1.18 bits per heavy atom. The summed E-state index contributed by atoms with van der Waals surface area (Å²) >= 11 is 0. The van der Waals surface area contributed by atoms with Gasteiger partial charge in [-0.2, -0.15) is 5.26 Å². The molecule has 0 saturated heterocycles. The number of halogens is 1. The van der Waals surface area contributed by atoms with E-state index >= 15 is 0 Å². The van der Waals surface area contributed by atoms with Gasteiger partial charge < -0.3 is 10.6 Å². The van der Waals surface area contributed by atoms with Crippen LogP contribution in [0.2, 0.25) is 0 Å². The summed E-state index contributed by atoms with van der Waals surface area (Å²) in [4.78, 5) is 30.7. The molecule has 0 fully saturated rings. The number of rotatable bonds is 3. The van der Waals surface area contributed by atoms with E-state index in [0.29, 0.717) is 35.5 Å². The third-order valence-electron chi connectivity index (χ3n) is 6.56. The highest BCUT2D eigenvalue weighted by Crippen LogP contribution is 2.56. The van der Waals surface area contributed by atoms with Crippen molar-refractivity contribution in [3.05, 3.63) is 95.2 Å². The van der Waals surface area contributed by atoms with Gasteiger partial charge in [-0.05, 0) is 37.1 Å². The minimum absolute atomic E-state index is 0.0234. The van der Waals surface area contributed by atoms with Crippen molar-refractivity contribution in [2.45, 2.75) is 24.7 Å². The van der Waals surface area contributed by atoms with E-state index in [9.17, 15) is 19.2 Å². The van der Waals surface area contributed by atoms with Crippen LogP contribution in [0.15, 0.2) is 83.9 Å². The Kier molecular flexibility index (Phi) is 4.68. The number of benzene rings is 2. The van der Waals surface area contributed by atoms with Crippen molar-refractivity contribution >= 4 is 23.1 Å². The number of Topliss-reactive ketones (excluding diaryl/α,β-unsaturated/α-hetero) is 1. The van der Waals surface area contributed by atoms with E-state index in [0.717, 1.165) is 0 Å². The van der Waals surface area contributed by atoms with E-state index in [1.807, 2.05) is 0 Å². The van der Waals surface area contributed by atoms with Gasteiger partial charge in [0.2, 0.25) is 5.91 Å². The summed E-state index contributed by atoms with van der Waals surface area (Å²) in [5.41, 5.74) is 7.30. The molecule has 0 saturated carbocycles. The third kappa shape index (κ3) is 2.64. The lowest BCUT2D eigenvalue weighted by molar-refractivity contribution is -0.124. The Labute approximate surface area is 190 Å². The summed E-state index contributed by atoms with van der Waals surface area (Å²) in [6, 6.07) is 15.1. The molecule has 2 aromatic rings. The number of nitriles is 1. The third-order valence-corrected chi connectivity index (χ3v) is 6.56. The number of carbonyl (C=O) groups is 2. The Bertz CT molecular complexity index is 1340. The first-order valence-corrected chi connectivity index (χ1v) is 10.7. The quantitative estimate of drug-likeness (QED) is 0.733. The molecule has 0 radical (unpaired) electrons. The van der Waals surface area contributed by atoms with Crippen molar-refractivity contribution in [2.24, 2.45) is 5.73 Å². The van der Waals surface area contributed by atoms with Crippen LogP contribution in [0, 0.1) is 17.1 Å². The average Bonchev–Trinajstić information content (AvgIpc) is 3.04. The molecule has 2 aliphatic heterocycles. The molecule has 6 nitrogen and oxygen atoms in total. The van der Waals surface area contributed by atoms with Crippen molar-refractivity contribution in [1.82, 2.24) is 0 Å². The van der Waals surface area contributed by atoms with Crippen molar-refractivity contribution in [3.63, 3.8) is 0 Å². The lowest BCUT2D eigenvalue weighted by Gasteiger charge is -2.43. The number of hydrogen-bond donors (Lipinski definition) is 1. The molecule has 0 unspecified atom stereocenters. The summed E-state index contributed by atoms with van der Waals surface area (Å²) < 4.78 is 14.1. The second kappa shape index (κ2) is 7.45. The number of amides is 1. The number of nitrogens with two attached hydrogens (primary N) is 1. The van der Waals surface area contributed by atoms with E-state index in [1.54, 1.807) is 47.4 Å². The summed E-state index contributed by atoms with van der Waals surface area (Å²) in [5.74, 6) is -1.05. The number of hydrogen-bond acceptors (Lipinski definition) is 5. The lowest BCUT2D eigenvalue weighted by Crippen LogP contribution is -2.52. The molecular weight excluding hydrogens is 419 g/mol. The van der Waals surface area contributed by atoms with Crippen molar-refractivity contribution in [3.8, 4) is 6.07 Å². The molecule has 5 rings (SSSR count). The molecule has 7 heteroatoms. The molecule has 1 spiro atoms. The monoisotopic (exact) mass is 440 g/mol. The van der Waals surface area contributed by atoms with Gasteiger partial charge in [0.05, 0.1) is 11.3 Å². The molecule has 2 heterocycles. The van der Waals surface area contributed by atoms with Gasteiger partial charge in [0, 0.05) is 35.5 Å². The molecule has 3 aliphatic rings. The maximum Gasteiger partial charge on any atom is 0.248 e. The SMILES string of the molecule is C=CCN1C(=O)[C@]2(C(C#N)=C(N)N(c3cccc(F)c3)C3=C2C(=O)CCC3)c2ccccc21. The Hall–Kier alpha value is -4.18. The van der Waals surface area contributed by atoms with Crippen LogP contribution in [0.25, 0.3) is 0 Å². The van der Waals surface area contributed by atoms with Gasteiger partial charge >= 0.3 is 0 Å². The summed E-state index contributed by atoms with van der Waals surface area (Å²) in [7, 11) is 0. The molecule has 0 bridgehead atoms. The van der Waals surface area contributed by atoms with Crippen molar-refractivity contribution in [1.29, 1.82) is 5.26 Å². The molecule has 1 aliphatic carbocycles. The van der Waals surface area contributed by atoms with Gasteiger partial charge in [-0.25, -0.2) is 4.39 Å². The maximum atomic E-state index is 14.1. The summed E-state index contributed by atoms with van der Waals surface area (Å²) in [5, 5.41) is 10.3. The molecule has 2 aromatic carbocycles. The van der Waals surface area contributed by atoms with Crippen LogP contribution >= 0.6 is 0 Å². The Balaban J connectivity index is 1.89. The smallest absolute Gasteiger partial charge is 0.248 e. The Morgan fingerprint density at radius 2 is 1.97 bits per heavy atom. The van der Waals surface area contributed by atoms with Gasteiger partial charge in [0.25, 0.3) is 0 Å². The van der Waals surface area contributed by atoms with Crippen LogP contribution in [0.3, 0.4) is 0 Å². The number of fused-ring (bicyclic) bond motifs is 3. The topological polar surface area (TPSA) is 90.4 Å². The molecule has 1 atom stereocenters. The normalized spacial score (nSPS) is 21.9. The van der Waals surface area contributed by atoms with Crippen LogP contribution in [0.5, 0.6) is 0 Å². The fourth-order valence-electron chi connectivity index (χ4n) is 5.35. The van der Waals surface area contributed by atoms with Gasteiger partial charge in [0.15, 0.2) is 5.78 Å². The number of para-hydroxylation sites is 1. The van der Waals surface area contributed by atoms with Crippen LogP contribution in [0.1, 0.15) is 24.8 Å². The number of allylic oxidation sites excluding steroid dienone is 1. The highest BCUT2D eigenvalue weighted by molar-refractivity contribution is 6.20. The van der Waals surface area contributed by atoms with E-state index in [1.165, 1.54) is 17.0 Å². The van der Waals surface area contributed by atoms with E-state index in [4.69, 9.17) is 5.73 Å². The number of carbonyl (C=O) groups excluding carboxylic acids is 2. The number of ketones is 1. The predicted molar refractivity (Wildman–Crippen MR) is 122 cm³/mol. The predicted octanol–water partition coefficient (Wildman–Crippen LogP) is 3.82. The van der Waals surface area contributed by atoms with Gasteiger partial charge in [-0.15, -0.1) is 6.58 Å². The zero-order valence-corrected chi connectivity index (χ0v) is 17.8.